The molecule has 1 aliphatic heterocycles. The number of β-amino-alcohol motifs (C(OH)–C–C–N with tert-alkyl or cyclic N) is 1. The van der Waals surface area contributed by atoms with Gasteiger partial charge in [-0.05, 0) is 30.6 Å². The molecule has 2 aliphatic rings. The lowest BCUT2D eigenvalue weighted by Gasteiger charge is -2.37. The van der Waals surface area contributed by atoms with Gasteiger partial charge in [-0.2, -0.15) is 0 Å². The summed E-state index contributed by atoms with van der Waals surface area (Å²) in [5.74, 6) is 4.37. The number of nitrogens with zero attached hydrogens (tertiary/aromatic N) is 1. The molecule has 2 fully saturated rings. The van der Waals surface area contributed by atoms with Gasteiger partial charge in [0.1, 0.15) is 0 Å². The maximum Gasteiger partial charge on any atom is 0.0900 e. The first-order chi connectivity index (χ1) is 9.56. The third kappa shape index (κ3) is 6.09. The second-order valence-corrected chi connectivity index (χ2v) is 8.04. The molecule has 0 radical (unpaired) electrons. The summed E-state index contributed by atoms with van der Waals surface area (Å²) in [7, 11) is 0. The summed E-state index contributed by atoms with van der Waals surface area (Å²) in [6.45, 7) is 9.30. The van der Waals surface area contributed by atoms with E-state index in [1.807, 2.05) is 11.8 Å². The van der Waals surface area contributed by atoms with Crippen molar-refractivity contribution in [2.45, 2.75) is 59.7 Å². The molecular formula is C17H35NO2S. The molecule has 126 valence electrons. The molecule has 0 spiro atoms. The van der Waals surface area contributed by atoms with Crippen LogP contribution in [0.1, 0.15) is 47.5 Å². The lowest BCUT2D eigenvalue weighted by molar-refractivity contribution is -0.0727. The molecule has 4 atom stereocenters. The molecule has 1 N–H and O–H groups in total. The third-order valence-corrected chi connectivity index (χ3v) is 5.78. The highest BCUT2D eigenvalue weighted by molar-refractivity contribution is 7.99. The predicted molar refractivity (Wildman–Crippen MR) is 92.7 cm³/mol. The molecular weight excluding hydrogens is 282 g/mol. The van der Waals surface area contributed by atoms with Crippen LogP contribution in [0, 0.1) is 17.8 Å². The van der Waals surface area contributed by atoms with Crippen molar-refractivity contribution in [1.82, 2.24) is 4.90 Å². The molecule has 21 heavy (non-hydrogen) atoms. The van der Waals surface area contributed by atoms with Crippen LogP contribution in [0.15, 0.2) is 0 Å². The first-order valence-corrected chi connectivity index (χ1v) is 9.31. The second kappa shape index (κ2) is 9.39. The third-order valence-electron chi connectivity index (χ3n) is 4.76. The van der Waals surface area contributed by atoms with E-state index in [4.69, 9.17) is 4.74 Å². The molecule has 0 aromatic carbocycles. The van der Waals surface area contributed by atoms with E-state index in [-0.39, 0.29) is 13.5 Å². The number of ether oxygens (including phenoxy) is 1. The Bertz CT molecular complexity index is 282. The number of hydrogen-bond acceptors (Lipinski definition) is 4. The van der Waals surface area contributed by atoms with Gasteiger partial charge in [0.05, 0.1) is 18.8 Å². The Morgan fingerprint density at radius 1 is 1.33 bits per heavy atom. The largest absolute Gasteiger partial charge is 0.389 e. The van der Waals surface area contributed by atoms with E-state index in [9.17, 15) is 5.11 Å². The van der Waals surface area contributed by atoms with Crippen molar-refractivity contribution >= 4 is 11.8 Å². The molecule has 0 aromatic rings. The molecule has 3 nitrogen and oxygen atoms in total. The van der Waals surface area contributed by atoms with E-state index in [0.29, 0.717) is 24.5 Å². The summed E-state index contributed by atoms with van der Waals surface area (Å²) in [6, 6.07) is 0. The van der Waals surface area contributed by atoms with Crippen LogP contribution in [0.5, 0.6) is 0 Å². The van der Waals surface area contributed by atoms with Gasteiger partial charge >= 0.3 is 0 Å². The van der Waals surface area contributed by atoms with Crippen LogP contribution in [0.3, 0.4) is 0 Å². The van der Waals surface area contributed by atoms with Crippen LogP contribution in [0.25, 0.3) is 0 Å². The van der Waals surface area contributed by atoms with Crippen molar-refractivity contribution in [2.75, 3.05) is 31.3 Å². The molecule has 0 bridgehead atoms. The lowest BCUT2D eigenvalue weighted by Crippen LogP contribution is -2.38. The standard InChI is InChI=1S/C16H31NO2S.CH4/c1-12(2)15-5-4-13(3)8-16(15)19-10-14(18)9-17-6-7-20-11-17;/h12-16,18H,4-11H2,1-3H3;1H4. The van der Waals surface area contributed by atoms with Crippen molar-refractivity contribution in [3.05, 3.63) is 0 Å². The van der Waals surface area contributed by atoms with Crippen molar-refractivity contribution in [3.63, 3.8) is 0 Å². The fourth-order valence-corrected chi connectivity index (χ4v) is 4.50. The normalized spacial score (nSPS) is 32.1. The second-order valence-electron chi connectivity index (χ2n) is 6.97. The van der Waals surface area contributed by atoms with Gasteiger partial charge in [-0.3, -0.25) is 4.90 Å². The maximum atomic E-state index is 10.2. The van der Waals surface area contributed by atoms with Gasteiger partial charge in [-0.15, -0.1) is 11.8 Å². The zero-order chi connectivity index (χ0) is 14.5. The zero-order valence-electron chi connectivity index (χ0n) is 13.3. The highest BCUT2D eigenvalue weighted by atomic mass is 32.2. The molecule has 1 aliphatic carbocycles. The smallest absolute Gasteiger partial charge is 0.0900 e. The lowest BCUT2D eigenvalue weighted by atomic mass is 9.75. The van der Waals surface area contributed by atoms with Crippen molar-refractivity contribution in [2.24, 2.45) is 17.8 Å². The molecule has 4 heteroatoms. The predicted octanol–water partition coefficient (Wildman–Crippen LogP) is 3.47. The number of aliphatic hydroxyl groups is 1. The molecule has 1 saturated carbocycles. The quantitative estimate of drug-likeness (QED) is 0.813. The number of rotatable bonds is 6. The fraction of sp³-hybridized carbons (Fsp3) is 1.00. The maximum absolute atomic E-state index is 10.2. The summed E-state index contributed by atoms with van der Waals surface area (Å²) >= 11 is 1.95. The van der Waals surface area contributed by atoms with Gasteiger partial charge in [0.2, 0.25) is 0 Å². The Balaban J connectivity index is 0.00000220. The average Bonchev–Trinajstić information content (AvgIpc) is 2.89. The van der Waals surface area contributed by atoms with Crippen LogP contribution in [-0.2, 0) is 4.74 Å². The van der Waals surface area contributed by atoms with Crippen molar-refractivity contribution < 1.29 is 9.84 Å². The highest BCUT2D eigenvalue weighted by Gasteiger charge is 2.31. The van der Waals surface area contributed by atoms with Gasteiger partial charge in [-0.1, -0.05) is 34.6 Å². The Hall–Kier alpha value is 0.230. The average molecular weight is 318 g/mol. The van der Waals surface area contributed by atoms with Crippen LogP contribution in [0.4, 0.5) is 0 Å². The molecule has 0 amide bonds. The summed E-state index contributed by atoms with van der Waals surface area (Å²) in [5, 5.41) is 10.2. The van der Waals surface area contributed by atoms with Crippen LogP contribution in [-0.4, -0.2) is 53.5 Å². The van der Waals surface area contributed by atoms with E-state index in [2.05, 4.69) is 25.7 Å². The van der Waals surface area contributed by atoms with Crippen molar-refractivity contribution in [3.8, 4) is 0 Å². The van der Waals surface area contributed by atoms with Gasteiger partial charge in [-0.25, -0.2) is 0 Å². The summed E-state index contributed by atoms with van der Waals surface area (Å²) in [6.07, 6.45) is 3.79. The molecule has 0 aromatic heterocycles. The minimum atomic E-state index is -0.334. The molecule has 2 rings (SSSR count). The van der Waals surface area contributed by atoms with E-state index in [1.54, 1.807) is 0 Å². The first kappa shape index (κ1) is 19.3. The molecule has 4 unspecified atom stereocenters. The number of aliphatic hydroxyl groups excluding tert-OH is 1. The van der Waals surface area contributed by atoms with E-state index >= 15 is 0 Å². The fourth-order valence-electron chi connectivity index (χ4n) is 3.49. The minimum absolute atomic E-state index is 0. The van der Waals surface area contributed by atoms with Crippen LogP contribution in [0.2, 0.25) is 0 Å². The minimum Gasteiger partial charge on any atom is -0.389 e. The first-order valence-electron chi connectivity index (χ1n) is 8.16. The van der Waals surface area contributed by atoms with Gasteiger partial charge in [0.15, 0.2) is 0 Å². The van der Waals surface area contributed by atoms with Crippen molar-refractivity contribution in [1.29, 1.82) is 0 Å². The Labute approximate surface area is 135 Å². The monoisotopic (exact) mass is 317 g/mol. The number of thioether (sulfide) groups is 1. The topological polar surface area (TPSA) is 32.7 Å². The van der Waals surface area contributed by atoms with Gasteiger partial charge in [0.25, 0.3) is 0 Å². The zero-order valence-corrected chi connectivity index (χ0v) is 14.1. The Morgan fingerprint density at radius 2 is 2.10 bits per heavy atom. The van der Waals surface area contributed by atoms with Crippen LogP contribution >= 0.6 is 11.8 Å². The van der Waals surface area contributed by atoms with Gasteiger partial charge < -0.3 is 9.84 Å². The van der Waals surface area contributed by atoms with E-state index in [1.165, 1.54) is 18.6 Å². The summed E-state index contributed by atoms with van der Waals surface area (Å²) in [4.78, 5) is 2.32. The molecule has 1 heterocycles. The van der Waals surface area contributed by atoms with Gasteiger partial charge in [0, 0.05) is 24.7 Å². The number of hydrogen-bond donors (Lipinski definition) is 1. The van der Waals surface area contributed by atoms with E-state index in [0.717, 1.165) is 31.3 Å². The Kier molecular flexibility index (Phi) is 8.62. The SMILES string of the molecule is C.CC1CCC(C(C)C)C(OCC(O)CN2CCSC2)C1. The summed E-state index contributed by atoms with van der Waals surface area (Å²) < 4.78 is 6.12. The highest BCUT2D eigenvalue weighted by Crippen LogP contribution is 2.35. The molecule has 1 saturated heterocycles. The van der Waals surface area contributed by atoms with E-state index < -0.39 is 0 Å². The Morgan fingerprint density at radius 3 is 2.71 bits per heavy atom. The summed E-state index contributed by atoms with van der Waals surface area (Å²) in [5.41, 5.74) is 0. The van der Waals surface area contributed by atoms with Crippen LogP contribution < -0.4 is 0 Å².